The van der Waals surface area contributed by atoms with Gasteiger partial charge >= 0.3 is 0 Å². The van der Waals surface area contributed by atoms with Crippen LogP contribution in [0.4, 0.5) is 0 Å². The Balaban J connectivity index is 2.21. The van der Waals surface area contributed by atoms with Gasteiger partial charge in [0, 0.05) is 11.1 Å². The van der Waals surface area contributed by atoms with Crippen molar-refractivity contribution in [2.45, 2.75) is 34.3 Å². The van der Waals surface area contributed by atoms with Crippen LogP contribution in [0.3, 0.4) is 0 Å². The van der Waals surface area contributed by atoms with E-state index in [2.05, 4.69) is 32.0 Å². The topological polar surface area (TPSA) is 26.3 Å². The number of ether oxygens (including phenoxy) is 1. The van der Waals surface area contributed by atoms with E-state index >= 15 is 0 Å². The molecule has 0 radical (unpaired) electrons. The number of rotatable bonds is 2. The van der Waals surface area contributed by atoms with Crippen LogP contribution in [0, 0.1) is 13.8 Å². The predicted molar refractivity (Wildman–Crippen MR) is 89.6 cm³/mol. The third-order valence-electron chi connectivity index (χ3n) is 4.18. The van der Waals surface area contributed by atoms with Crippen molar-refractivity contribution in [2.75, 3.05) is 0 Å². The summed E-state index contributed by atoms with van der Waals surface area (Å²) in [5.41, 5.74) is 7.44. The summed E-state index contributed by atoms with van der Waals surface area (Å²) in [5.74, 6) is 0.890. The van der Waals surface area contributed by atoms with Gasteiger partial charge in [0.1, 0.15) is 12.4 Å². The summed E-state index contributed by atoms with van der Waals surface area (Å²) in [6.07, 6.45) is 0. The molecule has 0 N–H and O–H groups in total. The van der Waals surface area contributed by atoms with E-state index in [0.717, 1.165) is 28.0 Å². The fourth-order valence-electron chi connectivity index (χ4n) is 2.97. The van der Waals surface area contributed by atoms with E-state index in [4.69, 9.17) is 4.74 Å². The first-order chi connectivity index (χ1) is 10.5. The summed E-state index contributed by atoms with van der Waals surface area (Å²) in [6, 6.07) is 12.4. The number of Topliss-reactive ketones (excluding diaryl/α,β-unsaturated/α-hetero) is 1. The first-order valence-electron chi connectivity index (χ1n) is 7.53. The Labute approximate surface area is 131 Å². The Morgan fingerprint density at radius 2 is 1.64 bits per heavy atom. The van der Waals surface area contributed by atoms with E-state index < -0.39 is 0 Å². The predicted octanol–water partition coefficient (Wildman–Crippen LogP) is 4.92. The van der Waals surface area contributed by atoms with Crippen molar-refractivity contribution in [3.05, 3.63) is 69.8 Å². The lowest BCUT2D eigenvalue weighted by Gasteiger charge is -2.24. The lowest BCUT2D eigenvalue weighted by Crippen LogP contribution is -2.09. The third-order valence-corrected chi connectivity index (χ3v) is 4.18. The normalized spacial score (nSPS) is 13.6. The number of carbonyl (C=O) groups excluding carboxylic acids is 1. The molecule has 0 amide bonds. The summed E-state index contributed by atoms with van der Waals surface area (Å²) in [7, 11) is 0. The number of hydrogen-bond acceptors (Lipinski definition) is 2. The van der Waals surface area contributed by atoms with Gasteiger partial charge in [-0.15, -0.1) is 0 Å². The van der Waals surface area contributed by atoms with Crippen LogP contribution < -0.4 is 0 Å². The summed E-state index contributed by atoms with van der Waals surface area (Å²) >= 11 is 0. The molecule has 2 heteroatoms. The van der Waals surface area contributed by atoms with Crippen molar-refractivity contribution in [1.82, 2.24) is 0 Å². The van der Waals surface area contributed by atoms with Crippen molar-refractivity contribution in [2.24, 2.45) is 0 Å². The van der Waals surface area contributed by atoms with Gasteiger partial charge in [-0.3, -0.25) is 4.79 Å². The number of carbonyl (C=O) groups is 1. The summed E-state index contributed by atoms with van der Waals surface area (Å²) in [5, 5.41) is 0. The van der Waals surface area contributed by atoms with Crippen LogP contribution in [0.5, 0.6) is 0 Å². The maximum atomic E-state index is 12.0. The molecule has 0 atom stereocenters. The van der Waals surface area contributed by atoms with Gasteiger partial charge in [0.2, 0.25) is 0 Å². The second-order valence-electron chi connectivity index (χ2n) is 6.01. The fourth-order valence-corrected chi connectivity index (χ4v) is 2.97. The quantitative estimate of drug-likeness (QED) is 0.734. The van der Waals surface area contributed by atoms with Crippen molar-refractivity contribution in [1.29, 1.82) is 0 Å². The van der Waals surface area contributed by atoms with Gasteiger partial charge in [0.25, 0.3) is 0 Å². The van der Waals surface area contributed by atoms with E-state index in [9.17, 15) is 4.79 Å². The highest BCUT2D eigenvalue weighted by molar-refractivity contribution is 6.02. The molecule has 112 valence electrons. The number of ketones is 1. The van der Waals surface area contributed by atoms with Crippen LogP contribution in [0.1, 0.15) is 52.0 Å². The van der Waals surface area contributed by atoms with Gasteiger partial charge in [0.15, 0.2) is 5.78 Å². The van der Waals surface area contributed by atoms with Crippen molar-refractivity contribution in [3.8, 4) is 0 Å². The van der Waals surface area contributed by atoms with E-state index in [1.54, 1.807) is 6.92 Å². The van der Waals surface area contributed by atoms with Gasteiger partial charge in [-0.05, 0) is 50.5 Å². The van der Waals surface area contributed by atoms with Crippen LogP contribution in [-0.2, 0) is 11.3 Å². The number of allylic oxidation sites excluding steroid dienone is 1. The zero-order valence-electron chi connectivity index (χ0n) is 13.5. The van der Waals surface area contributed by atoms with Crippen LogP contribution in [-0.4, -0.2) is 5.78 Å². The Hall–Kier alpha value is -2.35. The van der Waals surface area contributed by atoms with Gasteiger partial charge in [-0.1, -0.05) is 41.5 Å². The van der Waals surface area contributed by atoms with E-state index in [-0.39, 0.29) is 5.78 Å². The number of aryl methyl sites for hydroxylation is 2. The van der Waals surface area contributed by atoms with E-state index in [0.29, 0.717) is 6.61 Å². The van der Waals surface area contributed by atoms with Gasteiger partial charge in [-0.25, -0.2) is 0 Å². The number of fused-ring (bicyclic) bond motifs is 1. The highest BCUT2D eigenvalue weighted by Crippen LogP contribution is 2.36. The molecular formula is C20H20O2. The molecule has 0 aliphatic carbocycles. The molecule has 2 aromatic carbocycles. The molecule has 1 aliphatic rings. The Kier molecular flexibility index (Phi) is 3.61. The highest BCUT2D eigenvalue weighted by atomic mass is 16.5. The van der Waals surface area contributed by atoms with Crippen molar-refractivity contribution >= 4 is 17.1 Å². The van der Waals surface area contributed by atoms with Crippen LogP contribution in [0.25, 0.3) is 11.3 Å². The molecule has 0 bridgehead atoms. The Bertz CT molecular complexity index is 797. The summed E-state index contributed by atoms with van der Waals surface area (Å²) in [6.45, 7) is 8.31. The maximum Gasteiger partial charge on any atom is 0.160 e. The SMILES string of the molecule is CC(=O)c1cc(C)ccc1C1=C(C)c2cc(C)ccc2CO1. The monoisotopic (exact) mass is 292 g/mol. The maximum absolute atomic E-state index is 12.0. The standard InChI is InChI=1S/C20H20O2/c1-12-5-7-16-11-22-20(14(3)18(16)9-12)17-8-6-13(2)10-19(17)15(4)21/h5-10H,11H2,1-4H3. The average Bonchev–Trinajstić information content (AvgIpc) is 2.48. The summed E-state index contributed by atoms with van der Waals surface area (Å²) < 4.78 is 6.00. The minimum absolute atomic E-state index is 0.0673. The zero-order chi connectivity index (χ0) is 15.9. The van der Waals surface area contributed by atoms with Crippen LogP contribution >= 0.6 is 0 Å². The van der Waals surface area contributed by atoms with Crippen LogP contribution in [0.2, 0.25) is 0 Å². The second kappa shape index (κ2) is 5.45. The smallest absolute Gasteiger partial charge is 0.160 e. The number of hydrogen-bond donors (Lipinski definition) is 0. The molecule has 0 unspecified atom stereocenters. The minimum atomic E-state index is 0.0673. The third kappa shape index (κ3) is 2.45. The molecule has 0 spiro atoms. The van der Waals surface area contributed by atoms with E-state index in [1.165, 1.54) is 16.7 Å². The summed E-state index contributed by atoms with van der Waals surface area (Å²) in [4.78, 5) is 12.0. The largest absolute Gasteiger partial charge is 0.488 e. The molecule has 1 heterocycles. The molecule has 0 fully saturated rings. The number of benzene rings is 2. The van der Waals surface area contributed by atoms with Crippen LogP contribution in [0.15, 0.2) is 36.4 Å². The van der Waals surface area contributed by atoms with E-state index in [1.807, 2.05) is 25.1 Å². The molecule has 0 aromatic heterocycles. The molecular weight excluding hydrogens is 272 g/mol. The Morgan fingerprint density at radius 1 is 0.955 bits per heavy atom. The first kappa shape index (κ1) is 14.6. The average molecular weight is 292 g/mol. The molecule has 0 saturated heterocycles. The lowest BCUT2D eigenvalue weighted by molar-refractivity contribution is 0.101. The molecule has 2 nitrogen and oxygen atoms in total. The molecule has 22 heavy (non-hydrogen) atoms. The van der Waals surface area contributed by atoms with Gasteiger partial charge < -0.3 is 4.74 Å². The van der Waals surface area contributed by atoms with Gasteiger partial charge in [0.05, 0.1) is 0 Å². The minimum Gasteiger partial charge on any atom is -0.488 e. The lowest BCUT2D eigenvalue weighted by atomic mass is 9.91. The molecule has 1 aliphatic heterocycles. The Morgan fingerprint density at radius 3 is 2.36 bits per heavy atom. The first-order valence-corrected chi connectivity index (χ1v) is 7.53. The molecule has 0 saturated carbocycles. The zero-order valence-corrected chi connectivity index (χ0v) is 13.5. The molecule has 3 rings (SSSR count). The molecule has 2 aromatic rings. The fraction of sp³-hybridized carbons (Fsp3) is 0.250. The van der Waals surface area contributed by atoms with Crippen molar-refractivity contribution in [3.63, 3.8) is 0 Å². The van der Waals surface area contributed by atoms with Crippen molar-refractivity contribution < 1.29 is 9.53 Å². The van der Waals surface area contributed by atoms with Gasteiger partial charge in [-0.2, -0.15) is 0 Å². The second-order valence-corrected chi connectivity index (χ2v) is 6.01. The highest BCUT2D eigenvalue weighted by Gasteiger charge is 2.21.